The second kappa shape index (κ2) is 6.04. The number of halogens is 1. The first kappa shape index (κ1) is 15.5. The van der Waals surface area contributed by atoms with Crippen molar-refractivity contribution in [1.29, 1.82) is 0 Å². The molecule has 5 nitrogen and oxygen atoms in total. The van der Waals surface area contributed by atoms with Crippen molar-refractivity contribution in [3.8, 4) is 11.1 Å². The third-order valence-electron chi connectivity index (χ3n) is 3.24. The highest BCUT2D eigenvalue weighted by Crippen LogP contribution is 2.47. The number of rotatable bonds is 4. The van der Waals surface area contributed by atoms with Gasteiger partial charge in [0.2, 0.25) is 0 Å². The zero-order valence-electron chi connectivity index (χ0n) is 12.2. The minimum absolute atomic E-state index is 0.255. The lowest BCUT2D eigenvalue weighted by atomic mass is 10.1. The Balaban J connectivity index is 1.81. The molecule has 0 unspecified atom stereocenters. The fraction of sp³-hybridized carbons (Fsp3) is 0.0625. The van der Waals surface area contributed by atoms with Gasteiger partial charge in [-0.05, 0) is 42.3 Å². The molecule has 7 heteroatoms. The van der Waals surface area contributed by atoms with Crippen LogP contribution in [0.1, 0.15) is 5.76 Å². The second-order valence-electron chi connectivity index (χ2n) is 5.00. The van der Waals surface area contributed by atoms with Crippen LogP contribution in [0.2, 0.25) is 0 Å². The van der Waals surface area contributed by atoms with E-state index in [1.807, 2.05) is 0 Å². The van der Waals surface area contributed by atoms with E-state index in [1.54, 1.807) is 49.4 Å². The predicted molar refractivity (Wildman–Crippen MR) is 87.8 cm³/mol. The average molecular weight is 334 g/mol. The Morgan fingerprint density at radius 2 is 1.57 bits per heavy atom. The molecule has 0 fully saturated rings. The van der Waals surface area contributed by atoms with E-state index in [4.69, 9.17) is 4.52 Å². The molecule has 0 radical (unpaired) electrons. The fourth-order valence-electron chi connectivity index (χ4n) is 2.10. The topological polar surface area (TPSA) is 78.5 Å². The summed E-state index contributed by atoms with van der Waals surface area (Å²) in [7, 11) is -3.24. The molecule has 23 heavy (non-hydrogen) atoms. The Kier molecular flexibility index (Phi) is 4.08. The van der Waals surface area contributed by atoms with Crippen LogP contribution < -0.4 is 4.72 Å². The number of nitrogens with zero attached hydrogens (tertiary/aromatic N) is 1. The Hall–Kier alpha value is -2.35. The van der Waals surface area contributed by atoms with Gasteiger partial charge in [-0.2, -0.15) is 0 Å². The van der Waals surface area contributed by atoms with Gasteiger partial charge < -0.3 is 4.52 Å². The number of hydrogen-bond acceptors (Lipinski definition) is 5. The average Bonchev–Trinajstić information content (AvgIpc) is 2.92. The monoisotopic (exact) mass is 334 g/mol. The van der Waals surface area contributed by atoms with Crippen LogP contribution in [0, 0.1) is 12.7 Å². The van der Waals surface area contributed by atoms with Crippen LogP contribution in [0.15, 0.2) is 64.0 Å². The van der Waals surface area contributed by atoms with Gasteiger partial charge >= 0.3 is 0 Å². The summed E-state index contributed by atoms with van der Waals surface area (Å²) in [4.78, 5) is 0.323. The van der Waals surface area contributed by atoms with Crippen LogP contribution in [0.4, 0.5) is 10.2 Å². The Bertz CT molecular complexity index is 801. The lowest BCUT2D eigenvalue weighted by Crippen LogP contribution is -2.09. The van der Waals surface area contributed by atoms with Gasteiger partial charge in [-0.1, -0.05) is 40.2 Å². The fourth-order valence-corrected chi connectivity index (χ4v) is 3.12. The summed E-state index contributed by atoms with van der Waals surface area (Å²) in [5, 5.41) is 3.68. The zero-order chi connectivity index (χ0) is 16.4. The van der Waals surface area contributed by atoms with E-state index < -0.39 is 10.8 Å². The number of anilines is 1. The van der Waals surface area contributed by atoms with E-state index >= 15 is 0 Å². The molecule has 0 spiro atoms. The summed E-state index contributed by atoms with van der Waals surface area (Å²) in [5.74, 6) is 0.520. The van der Waals surface area contributed by atoms with Gasteiger partial charge in [0.05, 0.1) is 4.90 Å². The zero-order valence-corrected chi connectivity index (χ0v) is 13.0. The van der Waals surface area contributed by atoms with Crippen LogP contribution in [0.3, 0.4) is 0 Å². The molecular formula is C16H15FN2O3S. The van der Waals surface area contributed by atoms with Crippen molar-refractivity contribution in [2.75, 3.05) is 4.72 Å². The van der Waals surface area contributed by atoms with Crippen molar-refractivity contribution in [3.63, 3.8) is 0 Å². The van der Waals surface area contributed by atoms with Crippen molar-refractivity contribution in [2.45, 2.75) is 11.8 Å². The highest BCUT2D eigenvalue weighted by atomic mass is 32.3. The smallest absolute Gasteiger partial charge is 0.187 e. The molecule has 0 amide bonds. The van der Waals surface area contributed by atoms with E-state index in [-0.39, 0.29) is 11.6 Å². The van der Waals surface area contributed by atoms with Crippen molar-refractivity contribution in [1.82, 2.24) is 5.16 Å². The largest absolute Gasteiger partial charge is 0.360 e. The highest BCUT2D eigenvalue weighted by Gasteiger charge is 2.17. The van der Waals surface area contributed by atoms with Crippen LogP contribution in [-0.4, -0.2) is 14.3 Å². The molecule has 0 atom stereocenters. The van der Waals surface area contributed by atoms with Crippen molar-refractivity contribution in [2.24, 2.45) is 0 Å². The molecule has 0 saturated heterocycles. The molecule has 2 aromatic carbocycles. The second-order valence-corrected chi connectivity index (χ2v) is 6.78. The van der Waals surface area contributed by atoms with Crippen molar-refractivity contribution < 1.29 is 18.0 Å². The number of nitrogens with one attached hydrogen (secondary N) is 1. The molecule has 0 aliphatic heterocycles. The number of hydrogen-bond donors (Lipinski definition) is 3. The molecule has 3 aromatic rings. The van der Waals surface area contributed by atoms with Gasteiger partial charge in [0.1, 0.15) is 11.6 Å². The maximum Gasteiger partial charge on any atom is 0.187 e. The van der Waals surface area contributed by atoms with E-state index in [0.717, 1.165) is 11.1 Å². The predicted octanol–water partition coefficient (Wildman–Crippen LogP) is 4.93. The maximum absolute atomic E-state index is 12.9. The molecule has 3 N–H and O–H groups in total. The summed E-state index contributed by atoms with van der Waals surface area (Å²) in [5.41, 5.74) is 1.69. The molecule has 1 heterocycles. The van der Waals surface area contributed by atoms with Gasteiger partial charge in [0.15, 0.2) is 5.82 Å². The molecule has 0 bridgehead atoms. The summed E-state index contributed by atoms with van der Waals surface area (Å²) >= 11 is 0. The third kappa shape index (κ3) is 3.53. The first-order valence-corrected chi connectivity index (χ1v) is 8.34. The molecule has 0 saturated carbocycles. The van der Waals surface area contributed by atoms with Gasteiger partial charge in [-0.25, -0.2) is 4.39 Å². The highest BCUT2D eigenvalue weighted by molar-refractivity contribution is 8.25. The van der Waals surface area contributed by atoms with Crippen molar-refractivity contribution in [3.05, 3.63) is 66.2 Å². The lowest BCUT2D eigenvalue weighted by Gasteiger charge is -2.32. The molecule has 3 rings (SSSR count). The summed E-state index contributed by atoms with van der Waals surface area (Å²) in [6, 6.07) is 14.4. The first-order valence-electron chi connectivity index (χ1n) is 6.79. The quantitative estimate of drug-likeness (QED) is 0.631. The molecule has 0 aliphatic carbocycles. The van der Waals surface area contributed by atoms with E-state index in [2.05, 4.69) is 9.88 Å². The lowest BCUT2D eigenvalue weighted by molar-refractivity contribution is 0.399. The Morgan fingerprint density at radius 1 is 1.00 bits per heavy atom. The summed E-state index contributed by atoms with van der Waals surface area (Å²) in [6.07, 6.45) is 0. The Labute approximate surface area is 134 Å². The normalized spacial score (nSPS) is 12.2. The molecular weight excluding hydrogens is 319 g/mol. The summed E-state index contributed by atoms with van der Waals surface area (Å²) < 4.78 is 40.9. The third-order valence-corrected chi connectivity index (χ3v) is 4.66. The van der Waals surface area contributed by atoms with Crippen LogP contribution in [0.25, 0.3) is 11.1 Å². The van der Waals surface area contributed by atoms with Gasteiger partial charge in [0, 0.05) is 6.07 Å². The standard InChI is InChI=1S/C16H15FN2O3S/c1-11-10-16(18-22-11)19-23(20,21)15-8-4-13(5-9-15)12-2-6-14(17)7-3-12/h2-10,20-21H,1H3,(H,18,19). The van der Waals surface area contributed by atoms with Crippen LogP contribution in [0.5, 0.6) is 0 Å². The molecule has 1 aromatic heterocycles. The van der Waals surface area contributed by atoms with Crippen LogP contribution >= 0.6 is 10.8 Å². The van der Waals surface area contributed by atoms with Gasteiger partial charge in [0.25, 0.3) is 0 Å². The summed E-state index contributed by atoms with van der Waals surface area (Å²) in [6.45, 7) is 1.71. The van der Waals surface area contributed by atoms with Gasteiger partial charge in [-0.3, -0.25) is 13.8 Å². The van der Waals surface area contributed by atoms with Crippen LogP contribution in [-0.2, 0) is 0 Å². The molecule has 120 valence electrons. The van der Waals surface area contributed by atoms with Crippen molar-refractivity contribution >= 4 is 16.6 Å². The van der Waals surface area contributed by atoms with E-state index in [0.29, 0.717) is 10.7 Å². The van der Waals surface area contributed by atoms with E-state index in [1.165, 1.54) is 12.1 Å². The minimum Gasteiger partial charge on any atom is -0.360 e. The van der Waals surface area contributed by atoms with E-state index in [9.17, 15) is 13.5 Å². The minimum atomic E-state index is -3.24. The Morgan fingerprint density at radius 3 is 2.09 bits per heavy atom. The van der Waals surface area contributed by atoms with Gasteiger partial charge in [-0.15, -0.1) is 0 Å². The number of aromatic nitrogens is 1. The number of aryl methyl sites for hydroxylation is 1. The maximum atomic E-state index is 12.9. The first-order chi connectivity index (χ1) is 10.9. The molecule has 0 aliphatic rings. The number of benzene rings is 2. The SMILES string of the molecule is Cc1cc(NS(O)(O)c2ccc(-c3ccc(F)cc3)cc2)no1.